The third-order valence-electron chi connectivity index (χ3n) is 8.55. The Labute approximate surface area is 264 Å². The Bertz CT molecular complexity index is 1640. The molecule has 13 nitrogen and oxygen atoms in total. The van der Waals surface area contributed by atoms with Gasteiger partial charge < -0.3 is 40.2 Å². The monoisotopic (exact) mass is 636 g/mol. The molecule has 0 radical (unpaired) electrons. The molecule has 0 bridgehead atoms. The molecule has 3 atom stereocenters. The van der Waals surface area contributed by atoms with E-state index < -0.39 is 53.7 Å². The molecule has 5 amide bonds. The van der Waals surface area contributed by atoms with Gasteiger partial charge in [-0.15, -0.1) is 0 Å². The molecule has 46 heavy (non-hydrogen) atoms. The van der Waals surface area contributed by atoms with E-state index in [2.05, 4.69) is 15.6 Å². The second-order valence-corrected chi connectivity index (χ2v) is 11.7. The number of rotatable bonds is 5. The molecule has 0 unspecified atom stereocenters. The van der Waals surface area contributed by atoms with Gasteiger partial charge in [0.15, 0.2) is 0 Å². The highest BCUT2D eigenvalue weighted by atomic mass is 19.1. The second-order valence-electron chi connectivity index (χ2n) is 11.7. The Hall–Kier alpha value is -5.14. The van der Waals surface area contributed by atoms with Gasteiger partial charge in [0.2, 0.25) is 17.7 Å². The first-order chi connectivity index (χ1) is 22.0. The molecule has 1 saturated heterocycles. The highest BCUT2D eigenvalue weighted by Crippen LogP contribution is 2.26. The first-order valence-corrected chi connectivity index (χ1v) is 15.1. The number of benzene rings is 2. The van der Waals surface area contributed by atoms with Crippen LogP contribution in [0.15, 0.2) is 48.7 Å². The summed E-state index contributed by atoms with van der Waals surface area (Å²) in [5.41, 5.74) is 1.85. The third-order valence-corrected chi connectivity index (χ3v) is 8.55. The third kappa shape index (κ3) is 7.22. The van der Waals surface area contributed by atoms with Gasteiger partial charge >= 0.3 is 6.09 Å². The molecule has 2 aliphatic rings. The lowest BCUT2D eigenvalue weighted by molar-refractivity contribution is -0.140. The van der Waals surface area contributed by atoms with Crippen LogP contribution < -0.4 is 15.4 Å². The molecule has 0 aliphatic carbocycles. The van der Waals surface area contributed by atoms with Gasteiger partial charge in [0.1, 0.15) is 24.2 Å². The molecule has 2 aromatic carbocycles. The van der Waals surface area contributed by atoms with Crippen LogP contribution in [0, 0.1) is 5.82 Å². The number of H-pyrrole nitrogens is 1. The SMILES string of the molecule is CN1CC(=O)N2C[C@@H](NC(=O)O)C[C@H]2COc2ccc(F)cc2C(=O)N(C)[C@H](C(=O)NCCc2c[nH]c3ccccc23)CCC1=O. The van der Waals surface area contributed by atoms with Gasteiger partial charge in [-0.25, -0.2) is 9.18 Å². The van der Waals surface area contributed by atoms with Crippen molar-refractivity contribution < 1.29 is 38.2 Å². The zero-order valence-corrected chi connectivity index (χ0v) is 25.6. The minimum absolute atomic E-state index is 0.0434. The number of likely N-dealkylation sites (N-methyl/N-ethyl adjacent to an activating group) is 2. The molecular weight excluding hydrogens is 599 g/mol. The molecule has 4 N–H and O–H groups in total. The van der Waals surface area contributed by atoms with Crippen molar-refractivity contribution in [3.63, 3.8) is 0 Å². The van der Waals surface area contributed by atoms with Gasteiger partial charge in [-0.2, -0.15) is 0 Å². The first kappa shape index (κ1) is 32.3. The van der Waals surface area contributed by atoms with Crippen LogP contribution in [-0.2, 0) is 20.8 Å². The zero-order valence-electron chi connectivity index (χ0n) is 25.6. The van der Waals surface area contributed by atoms with E-state index in [0.29, 0.717) is 6.42 Å². The highest BCUT2D eigenvalue weighted by Gasteiger charge is 2.38. The summed E-state index contributed by atoms with van der Waals surface area (Å²) in [4.78, 5) is 72.2. The number of aromatic amines is 1. The number of carbonyl (C=O) groups is 5. The van der Waals surface area contributed by atoms with Crippen molar-refractivity contribution >= 4 is 40.6 Å². The van der Waals surface area contributed by atoms with Crippen molar-refractivity contribution in [3.8, 4) is 5.75 Å². The fourth-order valence-electron chi connectivity index (χ4n) is 6.08. The number of carbonyl (C=O) groups excluding carboxylic acids is 4. The fraction of sp³-hybridized carbons (Fsp3) is 0.406. The molecule has 2 aliphatic heterocycles. The van der Waals surface area contributed by atoms with Crippen LogP contribution in [0.3, 0.4) is 0 Å². The summed E-state index contributed by atoms with van der Waals surface area (Å²) in [6.45, 7) is -0.0491. The van der Waals surface area contributed by atoms with E-state index in [0.717, 1.165) is 28.6 Å². The van der Waals surface area contributed by atoms with Gasteiger partial charge in [-0.3, -0.25) is 19.2 Å². The van der Waals surface area contributed by atoms with Crippen LogP contribution >= 0.6 is 0 Å². The van der Waals surface area contributed by atoms with Crippen LogP contribution in [0.4, 0.5) is 9.18 Å². The maximum absolute atomic E-state index is 14.5. The zero-order chi connectivity index (χ0) is 33.0. The average Bonchev–Trinajstić information content (AvgIpc) is 3.63. The summed E-state index contributed by atoms with van der Waals surface area (Å²) >= 11 is 0. The number of nitrogens with zero attached hydrogens (tertiary/aromatic N) is 3. The molecule has 5 rings (SSSR count). The smallest absolute Gasteiger partial charge is 0.404 e. The lowest BCUT2D eigenvalue weighted by Crippen LogP contribution is -2.49. The molecule has 244 valence electrons. The van der Waals surface area contributed by atoms with Crippen LogP contribution in [0.2, 0.25) is 0 Å². The Morgan fingerprint density at radius 1 is 1.11 bits per heavy atom. The van der Waals surface area contributed by atoms with E-state index in [1.165, 1.54) is 34.9 Å². The number of nitrogens with one attached hydrogen (secondary N) is 3. The number of hydrogen-bond acceptors (Lipinski definition) is 6. The molecule has 14 heteroatoms. The minimum Gasteiger partial charge on any atom is -0.491 e. The number of hydrogen-bond donors (Lipinski definition) is 4. The Kier molecular flexibility index (Phi) is 9.73. The second kappa shape index (κ2) is 13.9. The summed E-state index contributed by atoms with van der Waals surface area (Å²) in [6.07, 6.45) is 1.19. The number of amides is 5. The van der Waals surface area contributed by atoms with E-state index >= 15 is 0 Å². The molecule has 1 fully saturated rings. The number of aromatic nitrogens is 1. The van der Waals surface area contributed by atoms with Gasteiger partial charge in [0, 0.05) is 50.7 Å². The maximum atomic E-state index is 14.5. The van der Waals surface area contributed by atoms with Crippen LogP contribution in [-0.4, -0.2) is 113 Å². The van der Waals surface area contributed by atoms with Gasteiger partial charge in [0.25, 0.3) is 5.91 Å². The Balaban J connectivity index is 1.38. The molecule has 3 aromatic rings. The summed E-state index contributed by atoms with van der Waals surface area (Å²) in [5.74, 6) is -2.65. The minimum atomic E-state index is -1.24. The molecular formula is C32H37FN6O7. The normalized spacial score (nSPS) is 21.2. The van der Waals surface area contributed by atoms with Crippen LogP contribution in [0.25, 0.3) is 10.9 Å². The Morgan fingerprint density at radius 3 is 2.67 bits per heavy atom. The topological polar surface area (TPSA) is 164 Å². The van der Waals surface area contributed by atoms with Crippen molar-refractivity contribution in [1.82, 2.24) is 30.3 Å². The van der Waals surface area contributed by atoms with E-state index in [9.17, 15) is 33.5 Å². The lowest BCUT2D eigenvalue weighted by Gasteiger charge is -2.28. The molecule has 1 aromatic heterocycles. The lowest BCUT2D eigenvalue weighted by atomic mass is 10.1. The standard InChI is InChI=1S/C32H37FN6O7/c1-37-17-29(41)39-16-21(36-32(44)45)14-22(39)18-46-27-9-7-20(33)13-24(27)31(43)38(2)26(8-10-28(37)40)30(42)34-12-11-19-15-35-25-6-4-3-5-23(19)25/h3-7,9,13,15,21-22,26,35-36H,8,10-12,14,16-18H2,1-2H3,(H,34,42)(H,44,45)/t21-,22-,26-/m0/s1. The number of carboxylic acid groups (broad SMARTS) is 1. The van der Waals surface area contributed by atoms with E-state index in [1.54, 1.807) is 0 Å². The number of ether oxygens (including phenoxy) is 1. The summed E-state index contributed by atoms with van der Waals surface area (Å²) in [7, 11) is 2.88. The largest absolute Gasteiger partial charge is 0.491 e. The molecule has 0 spiro atoms. The van der Waals surface area contributed by atoms with E-state index in [4.69, 9.17) is 4.74 Å². The fourth-order valence-corrected chi connectivity index (χ4v) is 6.08. The van der Waals surface area contributed by atoms with E-state index in [-0.39, 0.29) is 56.8 Å². The van der Waals surface area contributed by atoms with Crippen molar-refractivity contribution in [2.24, 2.45) is 0 Å². The van der Waals surface area contributed by atoms with Gasteiger partial charge in [-0.05, 0) is 49.1 Å². The molecule has 0 saturated carbocycles. The maximum Gasteiger partial charge on any atom is 0.404 e. The summed E-state index contributed by atoms with van der Waals surface area (Å²) < 4.78 is 20.4. The Morgan fingerprint density at radius 2 is 1.89 bits per heavy atom. The predicted octanol–water partition coefficient (Wildman–Crippen LogP) is 1.97. The van der Waals surface area contributed by atoms with Crippen molar-refractivity contribution in [3.05, 3.63) is 65.6 Å². The van der Waals surface area contributed by atoms with Gasteiger partial charge in [-0.1, -0.05) is 18.2 Å². The van der Waals surface area contributed by atoms with Crippen molar-refractivity contribution in [2.75, 3.05) is 40.3 Å². The summed E-state index contributed by atoms with van der Waals surface area (Å²) in [6, 6.07) is 9.01. The highest BCUT2D eigenvalue weighted by molar-refractivity contribution is 5.99. The van der Waals surface area contributed by atoms with Crippen molar-refractivity contribution in [2.45, 2.75) is 43.8 Å². The van der Waals surface area contributed by atoms with Gasteiger partial charge in [0.05, 0.1) is 24.2 Å². The predicted molar refractivity (Wildman–Crippen MR) is 165 cm³/mol. The number of para-hydroxylation sites is 1. The summed E-state index contributed by atoms with van der Waals surface area (Å²) in [5, 5.41) is 15.5. The average molecular weight is 637 g/mol. The molecule has 3 heterocycles. The van der Waals surface area contributed by atoms with Crippen molar-refractivity contribution in [1.29, 1.82) is 0 Å². The van der Waals surface area contributed by atoms with E-state index in [1.807, 2.05) is 30.5 Å². The van der Waals surface area contributed by atoms with Crippen LogP contribution in [0.5, 0.6) is 5.75 Å². The number of fused-ring (bicyclic) bond motifs is 3. The first-order valence-electron chi connectivity index (χ1n) is 15.1. The quantitative estimate of drug-likeness (QED) is 0.333. The van der Waals surface area contributed by atoms with Crippen LogP contribution in [0.1, 0.15) is 35.2 Å². The number of halogens is 1.